The monoisotopic (exact) mass is 280 g/mol. The van der Waals surface area contributed by atoms with E-state index in [0.29, 0.717) is 13.2 Å². The van der Waals surface area contributed by atoms with Crippen molar-refractivity contribution in [2.75, 3.05) is 13.2 Å². The largest absolute Gasteiger partial charge is 0.490 e. The zero-order valence-corrected chi connectivity index (χ0v) is 11.3. The molecule has 1 aliphatic heterocycles. The predicted octanol–water partition coefficient (Wildman–Crippen LogP) is 4.24. The van der Waals surface area contributed by atoms with Gasteiger partial charge in [0, 0.05) is 11.3 Å². The van der Waals surface area contributed by atoms with Gasteiger partial charge in [-0.25, -0.2) is 0 Å². The number of hydrogen-bond donors (Lipinski definition) is 0. The molecule has 1 atom stereocenters. The summed E-state index contributed by atoms with van der Waals surface area (Å²) in [6.45, 7) is 1.41. The minimum atomic E-state index is -0.123. The fraction of sp³-hybridized carbons (Fsp3) is 0.286. The molecule has 0 N–H and O–H groups in total. The normalized spacial score (nSPS) is 16.1. The average Bonchev–Trinajstić information content (AvgIpc) is 2.83. The van der Waals surface area contributed by atoms with Crippen LogP contribution >= 0.6 is 22.9 Å². The summed E-state index contributed by atoms with van der Waals surface area (Å²) in [7, 11) is 0. The third-order valence-corrected chi connectivity index (χ3v) is 4.41. The first-order valence-corrected chi connectivity index (χ1v) is 7.23. The summed E-state index contributed by atoms with van der Waals surface area (Å²) in [5, 5.41) is 1.91. The van der Waals surface area contributed by atoms with Crippen molar-refractivity contribution >= 4 is 22.9 Å². The number of thiophene rings is 1. The van der Waals surface area contributed by atoms with Crippen molar-refractivity contribution in [2.45, 2.75) is 11.8 Å². The molecule has 0 saturated carbocycles. The first kappa shape index (κ1) is 11.9. The molecule has 94 valence electrons. The Morgan fingerprint density at radius 1 is 1.11 bits per heavy atom. The summed E-state index contributed by atoms with van der Waals surface area (Å²) in [6, 6.07) is 9.99. The van der Waals surface area contributed by atoms with Gasteiger partial charge >= 0.3 is 0 Å². The topological polar surface area (TPSA) is 18.5 Å². The van der Waals surface area contributed by atoms with E-state index >= 15 is 0 Å². The summed E-state index contributed by atoms with van der Waals surface area (Å²) in [6.07, 6.45) is 0.916. The molecule has 3 rings (SSSR count). The van der Waals surface area contributed by atoms with Gasteiger partial charge < -0.3 is 9.47 Å². The Hall–Kier alpha value is -1.19. The summed E-state index contributed by atoms with van der Waals surface area (Å²) >= 11 is 8.13. The van der Waals surface area contributed by atoms with E-state index in [0.717, 1.165) is 28.4 Å². The van der Waals surface area contributed by atoms with Gasteiger partial charge in [-0.15, -0.1) is 22.9 Å². The lowest BCUT2D eigenvalue weighted by Gasteiger charge is -2.12. The van der Waals surface area contributed by atoms with Crippen LogP contribution in [0.25, 0.3) is 0 Å². The van der Waals surface area contributed by atoms with Gasteiger partial charge in [-0.2, -0.15) is 0 Å². The first-order valence-electron chi connectivity index (χ1n) is 5.91. The fourth-order valence-corrected chi connectivity index (χ4v) is 3.03. The summed E-state index contributed by atoms with van der Waals surface area (Å²) in [4.78, 5) is 1.14. The Morgan fingerprint density at radius 3 is 2.72 bits per heavy atom. The van der Waals surface area contributed by atoms with Crippen LogP contribution in [-0.4, -0.2) is 13.2 Å². The number of rotatable bonds is 2. The molecule has 18 heavy (non-hydrogen) atoms. The first-order chi connectivity index (χ1) is 8.84. The Morgan fingerprint density at radius 2 is 1.94 bits per heavy atom. The molecular weight excluding hydrogens is 268 g/mol. The van der Waals surface area contributed by atoms with Gasteiger partial charge in [-0.3, -0.25) is 0 Å². The van der Waals surface area contributed by atoms with Crippen LogP contribution in [0.15, 0.2) is 35.7 Å². The van der Waals surface area contributed by atoms with Crippen molar-refractivity contribution in [3.05, 3.63) is 46.2 Å². The highest BCUT2D eigenvalue weighted by molar-refractivity contribution is 7.10. The van der Waals surface area contributed by atoms with Crippen molar-refractivity contribution in [2.24, 2.45) is 0 Å². The number of fused-ring (bicyclic) bond motifs is 1. The molecule has 4 heteroatoms. The molecule has 1 aromatic heterocycles. The van der Waals surface area contributed by atoms with Crippen LogP contribution in [-0.2, 0) is 0 Å². The van der Waals surface area contributed by atoms with Gasteiger partial charge in [-0.1, -0.05) is 12.1 Å². The minimum Gasteiger partial charge on any atom is -0.490 e. The molecule has 0 bridgehead atoms. The molecule has 1 unspecified atom stereocenters. The smallest absolute Gasteiger partial charge is 0.161 e. The second-order valence-electron chi connectivity index (χ2n) is 4.13. The van der Waals surface area contributed by atoms with E-state index in [1.807, 2.05) is 35.7 Å². The molecule has 0 saturated heterocycles. The van der Waals surface area contributed by atoms with Crippen molar-refractivity contribution in [3.63, 3.8) is 0 Å². The van der Waals surface area contributed by atoms with Crippen molar-refractivity contribution < 1.29 is 9.47 Å². The van der Waals surface area contributed by atoms with Crippen molar-refractivity contribution in [1.29, 1.82) is 0 Å². The molecule has 1 aromatic carbocycles. The van der Waals surface area contributed by atoms with Gasteiger partial charge in [-0.05, 0) is 29.1 Å². The van der Waals surface area contributed by atoms with Crippen LogP contribution in [0.1, 0.15) is 22.2 Å². The van der Waals surface area contributed by atoms with Crippen LogP contribution in [0.3, 0.4) is 0 Å². The van der Waals surface area contributed by atoms with Crippen molar-refractivity contribution in [3.8, 4) is 11.5 Å². The molecule has 0 radical (unpaired) electrons. The Bertz CT molecular complexity index is 525. The second kappa shape index (κ2) is 5.21. The van der Waals surface area contributed by atoms with E-state index in [4.69, 9.17) is 21.1 Å². The van der Waals surface area contributed by atoms with E-state index in [9.17, 15) is 0 Å². The van der Waals surface area contributed by atoms with E-state index < -0.39 is 0 Å². The van der Waals surface area contributed by atoms with Crippen LogP contribution in [0.4, 0.5) is 0 Å². The molecule has 0 aliphatic carbocycles. The van der Waals surface area contributed by atoms with Gasteiger partial charge in [0.2, 0.25) is 0 Å². The van der Waals surface area contributed by atoms with Crippen molar-refractivity contribution in [1.82, 2.24) is 0 Å². The summed E-state index contributed by atoms with van der Waals surface area (Å²) in [5.41, 5.74) is 1.04. The van der Waals surface area contributed by atoms with Gasteiger partial charge in [0.25, 0.3) is 0 Å². The molecule has 2 heterocycles. The van der Waals surface area contributed by atoms with Gasteiger partial charge in [0.1, 0.15) is 0 Å². The lowest BCUT2D eigenvalue weighted by molar-refractivity contribution is 0.297. The summed E-state index contributed by atoms with van der Waals surface area (Å²) < 4.78 is 11.3. The Labute approximate surface area is 115 Å². The zero-order chi connectivity index (χ0) is 12.4. The van der Waals surface area contributed by atoms with Gasteiger partial charge in [0.15, 0.2) is 11.5 Å². The third-order valence-electron chi connectivity index (χ3n) is 2.86. The van der Waals surface area contributed by atoms with E-state index in [2.05, 4.69) is 0 Å². The molecule has 0 fully saturated rings. The number of halogens is 1. The lowest BCUT2D eigenvalue weighted by Crippen LogP contribution is -1.97. The fourth-order valence-electron chi connectivity index (χ4n) is 1.94. The van der Waals surface area contributed by atoms with E-state index in [1.165, 1.54) is 0 Å². The molecule has 2 nitrogen and oxygen atoms in total. The van der Waals surface area contributed by atoms with Crippen LogP contribution in [0.5, 0.6) is 11.5 Å². The minimum absolute atomic E-state index is 0.123. The Balaban J connectivity index is 1.92. The Kier molecular flexibility index (Phi) is 3.43. The molecular formula is C14H13ClO2S. The van der Waals surface area contributed by atoms with Crippen LogP contribution < -0.4 is 9.47 Å². The maximum atomic E-state index is 6.47. The number of benzene rings is 1. The third kappa shape index (κ3) is 2.33. The predicted molar refractivity (Wildman–Crippen MR) is 74.1 cm³/mol. The quantitative estimate of drug-likeness (QED) is 0.766. The zero-order valence-electron chi connectivity index (χ0n) is 9.77. The molecule has 2 aromatic rings. The van der Waals surface area contributed by atoms with Crippen LogP contribution in [0, 0.1) is 0 Å². The SMILES string of the molecule is ClC(c1ccc2c(c1)OCCCO2)c1cccs1. The van der Waals surface area contributed by atoms with Gasteiger partial charge in [0.05, 0.1) is 18.6 Å². The van der Waals surface area contributed by atoms with E-state index in [1.54, 1.807) is 11.3 Å². The maximum absolute atomic E-state index is 6.47. The highest BCUT2D eigenvalue weighted by atomic mass is 35.5. The standard InChI is InChI=1S/C14H13ClO2S/c15-14(13-3-1-8-18-13)10-4-5-11-12(9-10)17-7-2-6-16-11/h1,3-5,8-9,14H,2,6-7H2. The molecule has 0 amide bonds. The number of ether oxygens (including phenoxy) is 2. The van der Waals surface area contributed by atoms with E-state index in [-0.39, 0.29) is 5.38 Å². The molecule has 1 aliphatic rings. The lowest BCUT2D eigenvalue weighted by atomic mass is 10.1. The summed E-state index contributed by atoms with van der Waals surface area (Å²) in [5.74, 6) is 1.61. The highest BCUT2D eigenvalue weighted by Crippen LogP contribution is 2.37. The van der Waals surface area contributed by atoms with Crippen LogP contribution in [0.2, 0.25) is 0 Å². The highest BCUT2D eigenvalue weighted by Gasteiger charge is 2.16. The average molecular weight is 281 g/mol. The second-order valence-corrected chi connectivity index (χ2v) is 5.55. The maximum Gasteiger partial charge on any atom is 0.161 e. The molecule has 0 spiro atoms. The number of hydrogen-bond acceptors (Lipinski definition) is 3. The number of alkyl halides is 1.